The zero-order valence-corrected chi connectivity index (χ0v) is 12.4. The molecule has 3 nitrogen and oxygen atoms in total. The number of rotatable bonds is 4. The molecule has 0 unspecified atom stereocenters. The second-order valence-corrected chi connectivity index (χ2v) is 5.55. The molecule has 1 aromatic carbocycles. The fourth-order valence-corrected chi connectivity index (χ4v) is 2.65. The van der Waals surface area contributed by atoms with E-state index in [-0.39, 0.29) is 11.7 Å². The van der Waals surface area contributed by atoms with Crippen LogP contribution in [0, 0.1) is 5.82 Å². The lowest BCUT2D eigenvalue weighted by Crippen LogP contribution is -2.41. The number of halogens is 2. The number of hydrogen-bond donors (Lipinski definition) is 1. The van der Waals surface area contributed by atoms with Gasteiger partial charge in [-0.2, -0.15) is 0 Å². The van der Waals surface area contributed by atoms with Gasteiger partial charge in [-0.1, -0.05) is 12.1 Å². The van der Waals surface area contributed by atoms with Crippen molar-refractivity contribution in [3.05, 3.63) is 34.1 Å². The van der Waals surface area contributed by atoms with Gasteiger partial charge in [-0.25, -0.2) is 4.39 Å². The maximum absolute atomic E-state index is 13.3. The first-order valence-electron chi connectivity index (χ1n) is 6.60. The van der Waals surface area contributed by atoms with Crippen LogP contribution in [0.5, 0.6) is 0 Å². The molecule has 0 bridgehead atoms. The highest BCUT2D eigenvalue weighted by atomic mass is 79.9. The van der Waals surface area contributed by atoms with Crippen LogP contribution in [0.25, 0.3) is 0 Å². The maximum atomic E-state index is 13.3. The number of carbonyl (C=O) groups is 1. The van der Waals surface area contributed by atoms with E-state index in [1.807, 2.05) is 11.0 Å². The quantitative estimate of drug-likeness (QED) is 0.921. The number of carbonyl (C=O) groups excluding carboxylic acids is 1. The molecule has 0 spiro atoms. The number of nitrogens with zero attached hydrogens (tertiary/aromatic N) is 1. The second kappa shape index (κ2) is 7.01. The van der Waals surface area contributed by atoms with Crippen molar-refractivity contribution in [2.45, 2.75) is 25.8 Å². The summed E-state index contributed by atoms with van der Waals surface area (Å²) in [6.07, 6.45) is 3.41. The standard InChI is InChI=1S/C14H18BrFN2O/c15-14-11(5-4-6-12(14)16)9-17-10-13(19)18-7-2-1-3-8-18/h4-6,17H,1-3,7-10H2. The predicted octanol–water partition coefficient (Wildman–Crippen LogP) is 2.69. The highest BCUT2D eigenvalue weighted by molar-refractivity contribution is 9.10. The molecule has 0 radical (unpaired) electrons. The van der Waals surface area contributed by atoms with Crippen molar-refractivity contribution in [1.82, 2.24) is 10.2 Å². The molecule has 1 aliphatic heterocycles. The topological polar surface area (TPSA) is 32.3 Å². The van der Waals surface area contributed by atoms with Crippen LogP contribution in [0.1, 0.15) is 24.8 Å². The summed E-state index contributed by atoms with van der Waals surface area (Å²) in [6.45, 7) is 2.52. The van der Waals surface area contributed by atoms with Gasteiger partial charge in [-0.15, -0.1) is 0 Å². The van der Waals surface area contributed by atoms with Crippen LogP contribution in [0.4, 0.5) is 4.39 Å². The van der Waals surface area contributed by atoms with Gasteiger partial charge >= 0.3 is 0 Å². The summed E-state index contributed by atoms with van der Waals surface area (Å²) in [7, 11) is 0. The fraction of sp³-hybridized carbons (Fsp3) is 0.500. The average molecular weight is 329 g/mol. The SMILES string of the molecule is O=C(CNCc1cccc(F)c1Br)N1CCCCC1. The van der Waals surface area contributed by atoms with Gasteiger partial charge in [-0.3, -0.25) is 4.79 Å². The van der Waals surface area contributed by atoms with Crippen LogP contribution in [0.15, 0.2) is 22.7 Å². The predicted molar refractivity (Wildman–Crippen MR) is 76.2 cm³/mol. The molecule has 19 heavy (non-hydrogen) atoms. The Balaban J connectivity index is 1.79. The summed E-state index contributed by atoms with van der Waals surface area (Å²) in [5, 5.41) is 3.08. The van der Waals surface area contributed by atoms with Crippen molar-refractivity contribution in [2.75, 3.05) is 19.6 Å². The summed E-state index contributed by atoms with van der Waals surface area (Å²) in [5.74, 6) is -0.145. The van der Waals surface area contributed by atoms with E-state index < -0.39 is 0 Å². The normalized spacial score (nSPS) is 15.6. The van der Waals surface area contributed by atoms with E-state index in [1.54, 1.807) is 6.07 Å². The molecule has 1 aromatic rings. The van der Waals surface area contributed by atoms with E-state index in [2.05, 4.69) is 21.2 Å². The van der Waals surface area contributed by atoms with Gasteiger partial charge in [0.2, 0.25) is 5.91 Å². The molecule has 0 atom stereocenters. The van der Waals surface area contributed by atoms with Crippen molar-refractivity contribution >= 4 is 21.8 Å². The molecule has 1 aliphatic rings. The van der Waals surface area contributed by atoms with E-state index >= 15 is 0 Å². The third kappa shape index (κ3) is 4.01. The van der Waals surface area contributed by atoms with E-state index in [4.69, 9.17) is 0 Å². The Labute approximate surface area is 121 Å². The van der Waals surface area contributed by atoms with Crippen LogP contribution >= 0.6 is 15.9 Å². The van der Waals surface area contributed by atoms with Crippen LogP contribution < -0.4 is 5.32 Å². The highest BCUT2D eigenvalue weighted by Crippen LogP contribution is 2.20. The van der Waals surface area contributed by atoms with Crippen LogP contribution in [0.2, 0.25) is 0 Å². The Hall–Kier alpha value is -0.940. The van der Waals surface area contributed by atoms with E-state index in [0.29, 0.717) is 17.6 Å². The molecule has 104 valence electrons. The van der Waals surface area contributed by atoms with Crippen molar-refractivity contribution in [3.8, 4) is 0 Å². The first-order chi connectivity index (χ1) is 9.18. The summed E-state index contributed by atoms with van der Waals surface area (Å²) < 4.78 is 13.8. The largest absolute Gasteiger partial charge is 0.342 e. The minimum Gasteiger partial charge on any atom is -0.342 e. The lowest BCUT2D eigenvalue weighted by molar-refractivity contribution is -0.131. The lowest BCUT2D eigenvalue weighted by Gasteiger charge is -2.26. The molecule has 2 rings (SSSR count). The fourth-order valence-electron chi connectivity index (χ4n) is 2.24. The number of hydrogen-bond acceptors (Lipinski definition) is 2. The van der Waals surface area contributed by atoms with Crippen molar-refractivity contribution in [3.63, 3.8) is 0 Å². The zero-order valence-electron chi connectivity index (χ0n) is 10.8. The molecular formula is C14H18BrFN2O. The van der Waals surface area contributed by atoms with Gasteiger partial charge in [0, 0.05) is 19.6 Å². The first-order valence-corrected chi connectivity index (χ1v) is 7.39. The Morgan fingerprint density at radius 3 is 2.79 bits per heavy atom. The van der Waals surface area contributed by atoms with Gasteiger partial charge in [0.15, 0.2) is 0 Å². The monoisotopic (exact) mass is 328 g/mol. The molecule has 1 amide bonds. The highest BCUT2D eigenvalue weighted by Gasteiger charge is 2.15. The smallest absolute Gasteiger partial charge is 0.236 e. The number of amides is 1. The number of benzene rings is 1. The number of piperidine rings is 1. The molecule has 5 heteroatoms. The van der Waals surface area contributed by atoms with Crippen molar-refractivity contribution in [2.24, 2.45) is 0 Å². The number of likely N-dealkylation sites (tertiary alicyclic amines) is 1. The van der Waals surface area contributed by atoms with Gasteiger partial charge in [0.1, 0.15) is 5.82 Å². The first kappa shape index (κ1) is 14.5. The molecular weight excluding hydrogens is 311 g/mol. The molecule has 1 saturated heterocycles. The lowest BCUT2D eigenvalue weighted by atomic mass is 10.1. The minimum absolute atomic E-state index is 0.132. The summed E-state index contributed by atoms with van der Waals surface area (Å²) in [5.41, 5.74) is 0.825. The molecule has 1 N–H and O–H groups in total. The summed E-state index contributed by atoms with van der Waals surface area (Å²) >= 11 is 3.21. The van der Waals surface area contributed by atoms with Gasteiger partial charge in [-0.05, 0) is 46.8 Å². The van der Waals surface area contributed by atoms with Crippen LogP contribution in [-0.2, 0) is 11.3 Å². The Kier molecular flexibility index (Phi) is 5.34. The van der Waals surface area contributed by atoms with Crippen molar-refractivity contribution < 1.29 is 9.18 Å². The zero-order chi connectivity index (χ0) is 13.7. The third-order valence-corrected chi connectivity index (χ3v) is 4.22. The Morgan fingerprint density at radius 2 is 2.05 bits per heavy atom. The Bertz CT molecular complexity index is 447. The van der Waals surface area contributed by atoms with Crippen LogP contribution in [-0.4, -0.2) is 30.4 Å². The molecule has 1 heterocycles. The number of nitrogens with one attached hydrogen (secondary N) is 1. The van der Waals surface area contributed by atoms with E-state index in [0.717, 1.165) is 31.5 Å². The summed E-state index contributed by atoms with van der Waals surface area (Å²) in [4.78, 5) is 13.8. The van der Waals surface area contributed by atoms with Gasteiger partial charge in [0.05, 0.1) is 11.0 Å². The van der Waals surface area contributed by atoms with E-state index in [9.17, 15) is 9.18 Å². The summed E-state index contributed by atoms with van der Waals surface area (Å²) in [6, 6.07) is 4.92. The third-order valence-electron chi connectivity index (χ3n) is 3.33. The average Bonchev–Trinajstić information content (AvgIpc) is 2.44. The second-order valence-electron chi connectivity index (χ2n) is 4.76. The molecule has 0 saturated carbocycles. The van der Waals surface area contributed by atoms with Gasteiger partial charge in [0.25, 0.3) is 0 Å². The van der Waals surface area contributed by atoms with Crippen molar-refractivity contribution in [1.29, 1.82) is 0 Å². The molecule has 1 fully saturated rings. The molecule has 0 aromatic heterocycles. The van der Waals surface area contributed by atoms with E-state index in [1.165, 1.54) is 12.5 Å². The Morgan fingerprint density at radius 1 is 1.32 bits per heavy atom. The van der Waals surface area contributed by atoms with Crippen LogP contribution in [0.3, 0.4) is 0 Å². The minimum atomic E-state index is -0.276. The van der Waals surface area contributed by atoms with Gasteiger partial charge < -0.3 is 10.2 Å². The molecule has 0 aliphatic carbocycles. The maximum Gasteiger partial charge on any atom is 0.236 e.